The summed E-state index contributed by atoms with van der Waals surface area (Å²) in [6.07, 6.45) is -13.4. The molecule has 2 bridgehead atoms. The minimum Gasteiger partial charge on any atom is -0.504 e. The highest BCUT2D eigenvalue weighted by atomic mass is 16.5. The van der Waals surface area contributed by atoms with Gasteiger partial charge in [-0.25, -0.2) is 0 Å². The number of rotatable bonds is 4. The van der Waals surface area contributed by atoms with E-state index in [0.717, 1.165) is 18.7 Å². The lowest BCUT2D eigenvalue weighted by Crippen LogP contribution is -2.87. The van der Waals surface area contributed by atoms with Crippen molar-refractivity contribution in [2.45, 2.75) is 122 Å². The molecule has 5 heteroatoms. The molecule has 5 aliphatic rings. The van der Waals surface area contributed by atoms with Gasteiger partial charge in [0.1, 0.15) is 0 Å². The number of phenolic OH excluding ortho intramolecular Hbond substituents is 1. The molecule has 3 aliphatic carbocycles. The SMILES string of the molecule is [2H]Oc1c(C)c(C)c2c3c1O[C@@]1([2H])C(=O)C([2H])([2H])C([2H])([2H])[C@]4(O[2H])[C@@]31C(C)(C)C([2H])(C)N(C([2H])(C)C1([2H])C([2H])([2H])C1([2H])C)[C@]4([2H])C2(C)C. The molecule has 2 saturated carbocycles. The number of ether oxygens (including phenoxy) is 1. The average Bonchev–Trinajstić information content (AvgIpc) is 3.12. The number of ketones is 1. The van der Waals surface area contributed by atoms with Gasteiger partial charge in [-0.2, -0.15) is 0 Å². The molecule has 1 aromatic carbocycles. The third-order valence-electron chi connectivity index (χ3n) is 9.24. The van der Waals surface area contributed by atoms with E-state index in [0.29, 0.717) is 5.56 Å². The maximum absolute atomic E-state index is 14.5. The van der Waals surface area contributed by atoms with Crippen LogP contribution >= 0.6 is 0 Å². The summed E-state index contributed by atoms with van der Waals surface area (Å²) < 4.78 is 136. The molecular formula is C29H41NO4. The van der Waals surface area contributed by atoms with E-state index < -0.39 is 88.4 Å². The highest BCUT2D eigenvalue weighted by Gasteiger charge is 2.83. The Morgan fingerprint density at radius 2 is 1.91 bits per heavy atom. The van der Waals surface area contributed by atoms with Crippen molar-refractivity contribution in [3.63, 3.8) is 0 Å². The lowest BCUT2D eigenvalue weighted by atomic mass is 9.36. The van der Waals surface area contributed by atoms with Crippen LogP contribution in [0.25, 0.3) is 0 Å². The zero-order valence-corrected chi connectivity index (χ0v) is 21.1. The molecule has 34 heavy (non-hydrogen) atoms. The first-order chi connectivity index (χ1) is 21.2. The Bertz CT molecular complexity index is 1710. The van der Waals surface area contributed by atoms with Crippen LogP contribution in [0.3, 0.4) is 0 Å². The standard InChI is InChI=1S/C29H41NO4/c1-13-12-18(13)16(4)30-17(5)27(8,9)29-21-20-14(2)15(3)22(32)23(21)34-24(29)19(31)10-11-28(29,33)25(30)26(20,6)7/h13,16-18,24-25,32-33H,10-12H2,1-9H3/t13?,16?,17?,18?,24-,25+,28+,29-/m0/s1/i10D2,11D2,12D2,13D,16D,17D,18D,24D,25D,33D/hD. The second kappa shape index (κ2) is 6.21. The third kappa shape index (κ3) is 2.08. The van der Waals surface area contributed by atoms with E-state index in [-0.39, 0.29) is 22.4 Å². The van der Waals surface area contributed by atoms with E-state index in [1.807, 2.05) is 0 Å². The maximum Gasteiger partial charge on any atom is 0.293 e. The molecule has 5 nitrogen and oxygen atoms in total. The molecule has 186 valence electrons. The largest absolute Gasteiger partial charge is 0.504 e. The maximum atomic E-state index is 14.5. The number of aliphatic hydroxyl groups is 1. The van der Waals surface area contributed by atoms with Gasteiger partial charge in [0.15, 0.2) is 23.4 Å². The zero-order chi connectivity index (χ0) is 37.2. The second-order valence-electron chi connectivity index (χ2n) is 11.3. The minimum absolute atomic E-state index is 0.154. The lowest BCUT2D eigenvalue weighted by Gasteiger charge is -2.74. The molecule has 2 N–H and O–H groups in total. The van der Waals surface area contributed by atoms with Crippen LogP contribution in [-0.4, -0.2) is 53.5 Å². The number of hydrogen-bond acceptors (Lipinski definition) is 5. The van der Waals surface area contributed by atoms with E-state index in [9.17, 15) is 14.4 Å². The second-order valence-corrected chi connectivity index (χ2v) is 11.3. The highest BCUT2D eigenvalue weighted by molar-refractivity contribution is 5.91. The van der Waals surface area contributed by atoms with Crippen LogP contribution in [0.15, 0.2) is 0 Å². The number of carbonyl (C=O) groups excluding carboxylic acids is 1. The number of hydrogen-bond donors (Lipinski definition) is 2. The fourth-order valence-electron chi connectivity index (χ4n) is 7.36. The fourth-order valence-corrected chi connectivity index (χ4v) is 7.36. The number of aromatic hydroxyl groups is 1. The first-order valence-electron chi connectivity index (χ1n) is 18.5. The first kappa shape index (κ1) is 12.1. The monoisotopic (exact) mass is 481 g/mol. The highest BCUT2D eigenvalue weighted by Crippen LogP contribution is 2.75. The summed E-state index contributed by atoms with van der Waals surface area (Å²) in [6, 6.07) is -8.40. The van der Waals surface area contributed by atoms with Crippen LogP contribution in [0.2, 0.25) is 0 Å². The van der Waals surface area contributed by atoms with Gasteiger partial charge in [-0.3, -0.25) is 9.69 Å². The summed E-state index contributed by atoms with van der Waals surface area (Å²) in [5, 5.41) is 10.5. The molecule has 0 radical (unpaired) electrons. The predicted octanol–water partition coefficient (Wildman–Crippen LogP) is 4.54. The lowest BCUT2D eigenvalue weighted by molar-refractivity contribution is -0.264. The molecule has 1 saturated heterocycles. The number of carbonyl (C=O) groups is 1. The molecule has 2 heterocycles. The number of likely N-dealkylation sites (tertiary alicyclic amines) is 1. The van der Waals surface area contributed by atoms with E-state index in [1.165, 1.54) is 34.6 Å². The van der Waals surface area contributed by atoms with E-state index in [4.69, 9.17) is 24.7 Å². The smallest absolute Gasteiger partial charge is 0.293 e. The molecule has 4 unspecified atom stereocenters. The third-order valence-corrected chi connectivity index (χ3v) is 9.24. The van der Waals surface area contributed by atoms with E-state index in [2.05, 4.69) is 0 Å². The van der Waals surface area contributed by atoms with Crippen molar-refractivity contribution in [1.29, 1.82) is 2.86 Å². The summed E-state index contributed by atoms with van der Waals surface area (Å²) in [5.41, 5.74) is -9.68. The van der Waals surface area contributed by atoms with E-state index >= 15 is 0 Å². The van der Waals surface area contributed by atoms with Gasteiger partial charge in [-0.15, -0.1) is 0 Å². The molecule has 0 amide bonds. The van der Waals surface area contributed by atoms with Gasteiger partial charge < -0.3 is 15.0 Å². The number of benzene rings is 1. The van der Waals surface area contributed by atoms with Crippen LogP contribution < -0.4 is 4.74 Å². The minimum atomic E-state index is -3.73. The topological polar surface area (TPSA) is 70.0 Å². The Balaban J connectivity index is 1.99. The van der Waals surface area contributed by atoms with Crippen LogP contribution in [-0.2, 0) is 15.6 Å². The summed E-state index contributed by atoms with van der Waals surface area (Å²) in [4.78, 5) is 15.3. The summed E-state index contributed by atoms with van der Waals surface area (Å²) in [7, 11) is 0. The van der Waals surface area contributed by atoms with Gasteiger partial charge in [0.05, 0.1) is 13.8 Å². The number of phenols is 1. The van der Waals surface area contributed by atoms with Crippen molar-refractivity contribution in [2.75, 3.05) is 0 Å². The van der Waals surface area contributed by atoms with Crippen molar-refractivity contribution < 1.29 is 36.2 Å². The Hall–Kier alpha value is -1.59. The summed E-state index contributed by atoms with van der Waals surface area (Å²) in [6.45, 7) is 12.1. The Kier molecular flexibility index (Phi) is 2.21. The van der Waals surface area contributed by atoms with Crippen molar-refractivity contribution >= 4 is 5.78 Å². The molecule has 1 spiro atoms. The van der Waals surface area contributed by atoms with Gasteiger partial charge >= 0.3 is 0 Å². The van der Waals surface area contributed by atoms with Crippen molar-refractivity contribution in [3.05, 3.63) is 22.3 Å². The van der Waals surface area contributed by atoms with Crippen molar-refractivity contribution in [2.24, 2.45) is 17.2 Å². The molecule has 1 aromatic rings. The fraction of sp³-hybridized carbons (Fsp3) is 0.759. The van der Waals surface area contributed by atoms with Gasteiger partial charge in [0.2, 0.25) is 1.43 Å². The van der Waals surface area contributed by atoms with Gasteiger partial charge in [0.25, 0.3) is 1.43 Å². The summed E-state index contributed by atoms with van der Waals surface area (Å²) in [5.74, 6) is -7.40. The van der Waals surface area contributed by atoms with Gasteiger partial charge in [-0.1, -0.05) is 34.6 Å². The van der Waals surface area contributed by atoms with Crippen LogP contribution in [0, 0.1) is 31.1 Å². The van der Waals surface area contributed by atoms with E-state index in [1.54, 1.807) is 13.8 Å². The Morgan fingerprint density at radius 1 is 1.24 bits per heavy atom. The number of nitrogens with zero attached hydrogens (tertiary/aromatic N) is 1. The van der Waals surface area contributed by atoms with Crippen LogP contribution in [0.5, 0.6) is 11.5 Å². The quantitative estimate of drug-likeness (QED) is 0.661. The number of piperidine rings is 1. The molecule has 0 aromatic heterocycles. The average molecular weight is 482 g/mol. The summed E-state index contributed by atoms with van der Waals surface area (Å²) >= 11 is 0. The van der Waals surface area contributed by atoms with Crippen molar-refractivity contribution in [3.8, 4) is 11.5 Å². The van der Waals surface area contributed by atoms with Gasteiger partial charge in [0, 0.05) is 49.1 Å². The van der Waals surface area contributed by atoms with Crippen LogP contribution in [0.1, 0.15) is 106 Å². The normalized spacial score (nSPS) is 65.9. The molecule has 2 aliphatic heterocycles. The molecule has 8 atom stereocenters. The Morgan fingerprint density at radius 3 is 2.50 bits per heavy atom. The number of Topliss-reactive ketones (excluding diaryl/α,β-unsaturated/α-hetero) is 1. The molecular weight excluding hydrogens is 426 g/mol. The molecule has 3 fully saturated rings. The zero-order valence-electron chi connectivity index (χ0n) is 35.1. The predicted molar refractivity (Wildman–Crippen MR) is 131 cm³/mol. The Labute approximate surface area is 223 Å². The van der Waals surface area contributed by atoms with Crippen molar-refractivity contribution in [1.82, 2.24) is 4.90 Å². The molecule has 6 rings (SSSR count). The van der Waals surface area contributed by atoms with Gasteiger partial charge in [-0.05, 0) is 74.3 Å². The first-order valence-corrected chi connectivity index (χ1v) is 11.7. The van der Waals surface area contributed by atoms with Crippen LogP contribution in [0.4, 0.5) is 0 Å².